The number of fused-ring (bicyclic) bond motifs is 1. The molecule has 37 heavy (non-hydrogen) atoms. The number of hydrogen-bond acceptors (Lipinski definition) is 1. The van der Waals surface area contributed by atoms with Crippen LogP contribution in [-0.4, -0.2) is 39.7 Å². The Bertz CT molecular complexity index is 1220. The Hall–Kier alpha value is -2.17. The van der Waals surface area contributed by atoms with Crippen molar-refractivity contribution in [3.05, 3.63) is 121 Å². The molecule has 1 nitrogen and oxygen atoms in total. The Labute approximate surface area is 225 Å². The van der Waals surface area contributed by atoms with Gasteiger partial charge in [0.1, 0.15) is 0 Å². The lowest BCUT2D eigenvalue weighted by atomic mass is 9.95. The SMILES string of the molecule is [B][P+](C[C@H]1[C@@H]2CCO[C@@H]2C[C@H]1[P+]([B])(c1ccccc1)c1ccccc1)(c1ccccc1)c1ccccc1. The van der Waals surface area contributed by atoms with E-state index in [1.54, 1.807) is 0 Å². The molecule has 0 N–H and O–H groups in total. The van der Waals surface area contributed by atoms with Gasteiger partial charge in [0.05, 0.1) is 39.1 Å². The molecule has 0 unspecified atom stereocenters. The van der Waals surface area contributed by atoms with Crippen molar-refractivity contribution < 1.29 is 4.74 Å². The molecule has 2 aliphatic rings. The van der Waals surface area contributed by atoms with E-state index in [1.807, 2.05) is 0 Å². The van der Waals surface area contributed by atoms with Crippen molar-refractivity contribution in [2.45, 2.75) is 24.6 Å². The summed E-state index contributed by atoms with van der Waals surface area (Å²) in [7, 11) is 11.0. The normalized spacial score (nSPS) is 23.6. The molecule has 1 aliphatic carbocycles. The van der Waals surface area contributed by atoms with Crippen molar-refractivity contribution in [2.24, 2.45) is 11.8 Å². The highest BCUT2D eigenvalue weighted by Gasteiger charge is 2.61. The average molecular weight is 516 g/mol. The van der Waals surface area contributed by atoms with Crippen molar-refractivity contribution in [1.82, 2.24) is 0 Å². The average Bonchev–Trinajstić information content (AvgIpc) is 3.57. The van der Waals surface area contributed by atoms with Crippen molar-refractivity contribution in [3.63, 3.8) is 0 Å². The van der Waals surface area contributed by atoms with Crippen LogP contribution in [0.1, 0.15) is 12.8 Å². The van der Waals surface area contributed by atoms with Crippen LogP contribution in [0.3, 0.4) is 0 Å². The van der Waals surface area contributed by atoms with Crippen LogP contribution in [0.15, 0.2) is 121 Å². The zero-order valence-corrected chi connectivity index (χ0v) is 22.9. The Kier molecular flexibility index (Phi) is 7.15. The van der Waals surface area contributed by atoms with Gasteiger partial charge in [-0.2, -0.15) is 0 Å². The molecule has 1 saturated carbocycles. The summed E-state index contributed by atoms with van der Waals surface area (Å²) in [5.41, 5.74) is 0.322. The Morgan fingerprint density at radius 2 is 1.05 bits per heavy atom. The number of ether oxygens (including phenoxy) is 1. The van der Waals surface area contributed by atoms with E-state index >= 15 is 0 Å². The second kappa shape index (κ2) is 10.5. The maximum Gasteiger partial charge on any atom is 0.377 e. The lowest BCUT2D eigenvalue weighted by molar-refractivity contribution is 0.101. The first-order chi connectivity index (χ1) is 18.1. The Morgan fingerprint density at radius 1 is 0.622 bits per heavy atom. The fourth-order valence-corrected chi connectivity index (χ4v) is 14.1. The molecule has 6 rings (SSSR count). The standard InChI is InChI=1S/C32H32B2OP2/c33-36(25-13-5-1-6-14-25,26-15-7-2-8-16-26)24-30-29-21-22-35-31(29)23-32(30)37(34,27-17-9-3-10-18-27)28-19-11-4-12-20-28/h1-20,29-32H,21-24H2/q+2/t29-,30-,31+,32+/m0/s1. The maximum atomic E-state index is 7.76. The summed E-state index contributed by atoms with van der Waals surface area (Å²) in [6.45, 7) is 0.845. The van der Waals surface area contributed by atoms with Gasteiger partial charge in [-0.1, -0.05) is 72.8 Å². The monoisotopic (exact) mass is 516 g/mol. The van der Waals surface area contributed by atoms with Crippen LogP contribution in [0, 0.1) is 11.8 Å². The highest BCUT2D eigenvalue weighted by Crippen LogP contribution is 2.68. The van der Waals surface area contributed by atoms with Gasteiger partial charge in [0.2, 0.25) is 0 Å². The summed E-state index contributed by atoms with van der Waals surface area (Å²) < 4.78 is 6.36. The summed E-state index contributed by atoms with van der Waals surface area (Å²) in [5.74, 6) is 0.890. The first-order valence-corrected chi connectivity index (χ1v) is 17.3. The molecule has 2 fully saturated rings. The van der Waals surface area contributed by atoms with Gasteiger partial charge in [-0.05, 0) is 60.9 Å². The summed E-state index contributed by atoms with van der Waals surface area (Å²) in [6, 6.07) is 43.3. The van der Waals surface area contributed by atoms with Gasteiger partial charge in [0.15, 0.2) is 0 Å². The summed E-state index contributed by atoms with van der Waals surface area (Å²) in [4.78, 5) is 0. The van der Waals surface area contributed by atoms with Crippen LogP contribution in [0.4, 0.5) is 0 Å². The van der Waals surface area contributed by atoms with E-state index in [-0.39, 0.29) is 6.10 Å². The second-order valence-electron chi connectivity index (χ2n) is 10.5. The van der Waals surface area contributed by atoms with E-state index in [2.05, 4.69) is 121 Å². The molecule has 1 aliphatic heterocycles. The Morgan fingerprint density at radius 3 is 1.51 bits per heavy atom. The highest BCUT2D eigenvalue weighted by atomic mass is 31.2. The third-order valence-corrected chi connectivity index (χ3v) is 16.0. The summed E-state index contributed by atoms with van der Waals surface area (Å²) >= 11 is 0. The molecule has 4 atom stereocenters. The van der Waals surface area contributed by atoms with E-state index in [4.69, 9.17) is 19.9 Å². The van der Waals surface area contributed by atoms with Crippen molar-refractivity contribution in [1.29, 1.82) is 0 Å². The van der Waals surface area contributed by atoms with E-state index < -0.39 is 14.3 Å². The van der Waals surface area contributed by atoms with Gasteiger partial charge in [-0.3, -0.25) is 0 Å². The van der Waals surface area contributed by atoms with E-state index in [1.165, 1.54) is 21.2 Å². The zero-order valence-electron chi connectivity index (χ0n) is 21.1. The minimum Gasteiger partial charge on any atom is -0.378 e. The highest BCUT2D eigenvalue weighted by molar-refractivity contribution is 8.09. The second-order valence-corrected chi connectivity index (χ2v) is 16.9. The number of benzene rings is 4. The molecule has 0 aromatic heterocycles. The number of rotatable bonds is 7. The molecule has 5 heteroatoms. The van der Waals surface area contributed by atoms with Gasteiger partial charge in [0.25, 0.3) is 0 Å². The van der Waals surface area contributed by atoms with E-state index in [0.29, 0.717) is 17.5 Å². The van der Waals surface area contributed by atoms with E-state index in [9.17, 15) is 0 Å². The van der Waals surface area contributed by atoms with Gasteiger partial charge in [0, 0.05) is 33.2 Å². The van der Waals surface area contributed by atoms with Crippen molar-refractivity contribution in [3.8, 4) is 0 Å². The molecule has 0 bridgehead atoms. The molecule has 1 heterocycles. The first kappa shape index (κ1) is 25.1. The minimum absolute atomic E-state index is 0.269. The molecule has 4 aromatic carbocycles. The molecule has 4 aromatic rings. The smallest absolute Gasteiger partial charge is 0.377 e. The summed E-state index contributed by atoms with van der Waals surface area (Å²) in [6.07, 6.45) is 3.33. The Balaban J connectivity index is 1.49. The largest absolute Gasteiger partial charge is 0.378 e. The minimum atomic E-state index is -2.22. The van der Waals surface area contributed by atoms with Crippen LogP contribution in [0.5, 0.6) is 0 Å². The van der Waals surface area contributed by atoms with Crippen LogP contribution in [0.25, 0.3) is 0 Å². The predicted octanol–water partition coefficient (Wildman–Crippen LogP) is 5.28. The molecule has 4 radical (unpaired) electrons. The van der Waals surface area contributed by atoms with Crippen molar-refractivity contribution in [2.75, 3.05) is 12.8 Å². The van der Waals surface area contributed by atoms with E-state index in [0.717, 1.165) is 25.6 Å². The zero-order chi connectivity index (χ0) is 25.3. The van der Waals surface area contributed by atoms with Crippen LogP contribution in [0.2, 0.25) is 0 Å². The topological polar surface area (TPSA) is 9.23 Å². The fraction of sp³-hybridized carbons (Fsp3) is 0.250. The molecular weight excluding hydrogens is 484 g/mol. The van der Waals surface area contributed by atoms with Crippen LogP contribution >= 0.6 is 14.3 Å². The van der Waals surface area contributed by atoms with Gasteiger partial charge >= 0.3 is 15.1 Å². The molecule has 180 valence electrons. The molecule has 0 spiro atoms. The lowest BCUT2D eigenvalue weighted by Crippen LogP contribution is -2.39. The van der Waals surface area contributed by atoms with Gasteiger partial charge in [-0.25, -0.2) is 0 Å². The third kappa shape index (κ3) is 4.55. The number of hydrogen-bond donors (Lipinski definition) is 0. The van der Waals surface area contributed by atoms with Gasteiger partial charge in [-0.15, -0.1) is 0 Å². The molecule has 1 saturated heterocycles. The van der Waals surface area contributed by atoms with Crippen LogP contribution in [-0.2, 0) is 4.74 Å². The molecular formula is C32H32B2OP2+2. The third-order valence-electron chi connectivity index (χ3n) is 8.60. The predicted molar refractivity (Wildman–Crippen MR) is 164 cm³/mol. The van der Waals surface area contributed by atoms with Crippen molar-refractivity contribution >= 4 is 50.6 Å². The molecule has 0 amide bonds. The quantitative estimate of drug-likeness (QED) is 0.240. The first-order valence-electron chi connectivity index (χ1n) is 13.3. The maximum absolute atomic E-state index is 7.76. The lowest BCUT2D eigenvalue weighted by Gasteiger charge is -2.37. The van der Waals surface area contributed by atoms with Gasteiger partial charge < -0.3 is 4.74 Å². The summed E-state index contributed by atoms with van der Waals surface area (Å²) in [5, 5.41) is 5.08. The van der Waals surface area contributed by atoms with Crippen LogP contribution < -0.4 is 21.2 Å². The fourth-order valence-electron chi connectivity index (χ4n) is 6.78.